The van der Waals surface area contributed by atoms with Crippen molar-refractivity contribution in [2.45, 2.75) is 26.3 Å². The highest BCUT2D eigenvalue weighted by Gasteiger charge is 2.21. The van der Waals surface area contributed by atoms with Crippen molar-refractivity contribution >= 4 is 17.5 Å². The number of nitrogens with zero attached hydrogens (tertiary/aromatic N) is 4. The minimum Gasteiger partial charge on any atom is -0.348 e. The zero-order chi connectivity index (χ0) is 21.1. The number of hydrogen-bond acceptors (Lipinski definition) is 3. The van der Waals surface area contributed by atoms with Gasteiger partial charge in [-0.25, -0.2) is 9.36 Å². The van der Waals surface area contributed by atoms with Crippen LogP contribution in [0.15, 0.2) is 73.2 Å². The normalized spacial score (nSPS) is 11.1. The number of amides is 1. The molecule has 0 aliphatic carbocycles. The van der Waals surface area contributed by atoms with E-state index in [1.807, 2.05) is 74.6 Å². The van der Waals surface area contributed by atoms with Crippen LogP contribution in [0.5, 0.6) is 0 Å². The highest BCUT2D eigenvalue weighted by atomic mass is 35.5. The molecular formula is C23H22ClN5O. The van der Waals surface area contributed by atoms with Gasteiger partial charge in [0.05, 0.1) is 28.8 Å². The highest BCUT2D eigenvalue weighted by molar-refractivity contribution is 6.30. The number of halogens is 1. The highest BCUT2D eigenvalue weighted by Crippen LogP contribution is 2.24. The summed E-state index contributed by atoms with van der Waals surface area (Å²) >= 11 is 6.01. The lowest BCUT2D eigenvalue weighted by Gasteiger charge is -2.14. The van der Waals surface area contributed by atoms with Crippen molar-refractivity contribution < 1.29 is 4.79 Å². The van der Waals surface area contributed by atoms with Gasteiger partial charge in [-0.15, -0.1) is 0 Å². The molecule has 0 aliphatic heterocycles. The van der Waals surface area contributed by atoms with Gasteiger partial charge in [-0.2, -0.15) is 10.2 Å². The van der Waals surface area contributed by atoms with E-state index in [4.69, 9.17) is 11.6 Å². The van der Waals surface area contributed by atoms with Gasteiger partial charge in [0.25, 0.3) is 5.91 Å². The van der Waals surface area contributed by atoms with Gasteiger partial charge >= 0.3 is 0 Å². The van der Waals surface area contributed by atoms with Crippen LogP contribution in [0.4, 0.5) is 0 Å². The first-order valence-corrected chi connectivity index (χ1v) is 10.1. The summed E-state index contributed by atoms with van der Waals surface area (Å²) < 4.78 is 3.59. The van der Waals surface area contributed by atoms with Crippen LogP contribution in [0, 0.1) is 0 Å². The van der Waals surface area contributed by atoms with Crippen LogP contribution in [0.3, 0.4) is 0 Å². The molecule has 0 spiro atoms. The number of hydrogen-bond donors (Lipinski definition) is 1. The maximum atomic E-state index is 13.0. The molecular weight excluding hydrogens is 398 g/mol. The third-order valence-electron chi connectivity index (χ3n) is 4.85. The fourth-order valence-electron chi connectivity index (χ4n) is 3.44. The van der Waals surface area contributed by atoms with Crippen LogP contribution in [0.1, 0.15) is 41.4 Å². The Bertz CT molecular complexity index is 1150. The predicted molar refractivity (Wildman–Crippen MR) is 117 cm³/mol. The van der Waals surface area contributed by atoms with Crippen LogP contribution < -0.4 is 5.32 Å². The van der Waals surface area contributed by atoms with E-state index in [1.54, 1.807) is 21.8 Å². The molecule has 1 amide bonds. The molecule has 1 N–H and O–H groups in total. The molecule has 0 aliphatic rings. The van der Waals surface area contributed by atoms with E-state index in [0.29, 0.717) is 17.1 Å². The number of carbonyl (C=O) groups excluding carboxylic acids is 1. The Kier molecular flexibility index (Phi) is 5.68. The first kappa shape index (κ1) is 19.9. The maximum Gasteiger partial charge on any atom is 0.255 e. The fraction of sp³-hybridized carbons (Fsp3) is 0.174. The second-order valence-corrected chi connectivity index (χ2v) is 7.68. The summed E-state index contributed by atoms with van der Waals surface area (Å²) in [4.78, 5) is 13.0. The monoisotopic (exact) mass is 419 g/mol. The Morgan fingerprint density at radius 3 is 2.53 bits per heavy atom. The maximum absolute atomic E-state index is 13.0. The van der Waals surface area contributed by atoms with Gasteiger partial charge in [0.15, 0.2) is 0 Å². The van der Waals surface area contributed by atoms with Crippen molar-refractivity contribution in [1.29, 1.82) is 0 Å². The molecule has 30 heavy (non-hydrogen) atoms. The van der Waals surface area contributed by atoms with Crippen molar-refractivity contribution in [3.63, 3.8) is 0 Å². The third-order valence-corrected chi connectivity index (χ3v) is 5.10. The number of carbonyl (C=O) groups is 1. The second kappa shape index (κ2) is 8.55. The molecule has 0 unspecified atom stereocenters. The smallest absolute Gasteiger partial charge is 0.255 e. The fourth-order valence-corrected chi connectivity index (χ4v) is 3.57. The van der Waals surface area contributed by atoms with Crippen LogP contribution in [0.2, 0.25) is 5.02 Å². The van der Waals surface area contributed by atoms with E-state index in [1.165, 1.54) is 0 Å². The number of aromatic nitrogens is 4. The summed E-state index contributed by atoms with van der Waals surface area (Å²) in [6.45, 7) is 4.49. The van der Waals surface area contributed by atoms with Gasteiger partial charge in [-0.1, -0.05) is 43.6 Å². The second-order valence-electron chi connectivity index (χ2n) is 7.25. The zero-order valence-corrected chi connectivity index (χ0v) is 17.5. The number of benzene rings is 2. The Morgan fingerprint density at radius 1 is 1.07 bits per heavy atom. The summed E-state index contributed by atoms with van der Waals surface area (Å²) in [5.41, 5.74) is 4.20. The van der Waals surface area contributed by atoms with Gasteiger partial charge in [-0.05, 0) is 47.9 Å². The molecule has 0 bridgehead atoms. The summed E-state index contributed by atoms with van der Waals surface area (Å²) in [6, 6.07) is 17.2. The first-order valence-electron chi connectivity index (χ1n) is 9.74. The van der Waals surface area contributed by atoms with E-state index >= 15 is 0 Å². The number of para-hydroxylation sites is 1. The van der Waals surface area contributed by atoms with Gasteiger partial charge in [-0.3, -0.25) is 4.79 Å². The number of nitrogens with one attached hydrogen (secondary N) is 1. The van der Waals surface area contributed by atoms with E-state index in [2.05, 4.69) is 15.5 Å². The predicted octanol–water partition coefficient (Wildman–Crippen LogP) is 4.76. The Morgan fingerprint density at radius 2 is 1.83 bits per heavy atom. The summed E-state index contributed by atoms with van der Waals surface area (Å²) in [5, 5.41) is 12.5. The third kappa shape index (κ3) is 4.00. The average Bonchev–Trinajstić information content (AvgIpc) is 3.43. The van der Waals surface area contributed by atoms with Crippen LogP contribution in [-0.4, -0.2) is 25.5 Å². The Hall–Kier alpha value is -3.38. The molecule has 0 saturated heterocycles. The largest absolute Gasteiger partial charge is 0.348 e. The van der Waals surface area contributed by atoms with Crippen LogP contribution in [-0.2, 0) is 6.54 Å². The molecule has 2 heterocycles. The zero-order valence-electron chi connectivity index (χ0n) is 16.8. The lowest BCUT2D eigenvalue weighted by Crippen LogP contribution is -2.25. The van der Waals surface area contributed by atoms with E-state index in [-0.39, 0.29) is 11.8 Å². The van der Waals surface area contributed by atoms with E-state index < -0.39 is 0 Å². The summed E-state index contributed by atoms with van der Waals surface area (Å²) in [5.74, 6) is -0.0468. The van der Waals surface area contributed by atoms with Crippen LogP contribution >= 0.6 is 11.6 Å². The van der Waals surface area contributed by atoms with Gasteiger partial charge in [0.2, 0.25) is 0 Å². The SMILES string of the molecule is CC(C)c1c(C(=O)NCc2ccccc2-n2cccn2)cnn1-c1ccc(Cl)cc1. The average molecular weight is 420 g/mol. The molecule has 0 radical (unpaired) electrons. The Labute approximate surface area is 180 Å². The minimum atomic E-state index is -0.158. The molecule has 4 aromatic rings. The molecule has 0 fully saturated rings. The van der Waals surface area contributed by atoms with E-state index in [0.717, 1.165) is 22.6 Å². The summed E-state index contributed by atoms with van der Waals surface area (Å²) in [7, 11) is 0. The lowest BCUT2D eigenvalue weighted by molar-refractivity contribution is 0.0949. The quantitative estimate of drug-likeness (QED) is 0.489. The Balaban J connectivity index is 1.59. The van der Waals surface area contributed by atoms with E-state index in [9.17, 15) is 4.79 Å². The molecule has 2 aromatic carbocycles. The van der Waals surface area contributed by atoms with Crippen molar-refractivity contribution in [3.05, 3.63) is 95.0 Å². The van der Waals surface area contributed by atoms with Gasteiger partial charge in [0, 0.05) is 24.0 Å². The van der Waals surface area contributed by atoms with Gasteiger partial charge < -0.3 is 5.32 Å². The topological polar surface area (TPSA) is 64.7 Å². The molecule has 7 heteroatoms. The molecule has 6 nitrogen and oxygen atoms in total. The lowest BCUT2D eigenvalue weighted by atomic mass is 10.0. The number of rotatable bonds is 6. The molecule has 152 valence electrons. The molecule has 4 rings (SSSR count). The molecule has 0 atom stereocenters. The summed E-state index contributed by atoms with van der Waals surface area (Å²) in [6.07, 6.45) is 5.24. The van der Waals surface area contributed by atoms with Gasteiger partial charge in [0.1, 0.15) is 0 Å². The standard InChI is InChI=1S/C23H22ClN5O/c1-16(2)22-20(15-27-29(22)19-10-8-18(24)9-11-19)23(30)25-14-17-6-3-4-7-21(17)28-13-5-12-26-28/h3-13,15-16H,14H2,1-2H3,(H,25,30). The minimum absolute atomic E-state index is 0.111. The van der Waals surface area contributed by atoms with Crippen LogP contribution in [0.25, 0.3) is 11.4 Å². The first-order chi connectivity index (χ1) is 14.5. The molecule has 2 aromatic heterocycles. The van der Waals surface area contributed by atoms with Crippen molar-refractivity contribution in [2.24, 2.45) is 0 Å². The van der Waals surface area contributed by atoms with Crippen molar-refractivity contribution in [3.8, 4) is 11.4 Å². The molecule has 0 saturated carbocycles. The van der Waals surface area contributed by atoms with Crippen molar-refractivity contribution in [2.75, 3.05) is 0 Å². The van der Waals surface area contributed by atoms with Crippen molar-refractivity contribution in [1.82, 2.24) is 24.9 Å².